The van der Waals surface area contributed by atoms with Crippen molar-refractivity contribution in [3.05, 3.63) is 27.7 Å². The van der Waals surface area contributed by atoms with Crippen LogP contribution in [0.4, 0.5) is 0 Å². The molecule has 0 atom stereocenters. The average molecular weight is 308 g/mol. The summed E-state index contributed by atoms with van der Waals surface area (Å²) in [5.74, 6) is 0.188. The normalized spacial score (nSPS) is 10.1. The Morgan fingerprint density at radius 3 is 2.69 bits per heavy atom. The maximum Gasteiger partial charge on any atom is 0.174 e. The molecular weight excluding hydrogens is 300 g/mol. The van der Waals surface area contributed by atoms with Crippen molar-refractivity contribution in [2.75, 3.05) is 5.33 Å². The SMILES string of the molecule is Cc1c(O)ccc(C(=O)CBr)c1Br. The number of carbonyl (C=O) groups is 1. The largest absolute Gasteiger partial charge is 0.508 e. The Balaban J connectivity index is 3.26. The van der Waals surface area contributed by atoms with Gasteiger partial charge in [0.05, 0.1) is 5.33 Å². The van der Waals surface area contributed by atoms with Gasteiger partial charge in [-0.3, -0.25) is 4.79 Å². The van der Waals surface area contributed by atoms with Gasteiger partial charge in [-0.1, -0.05) is 15.9 Å². The first kappa shape index (κ1) is 10.7. The molecule has 0 spiro atoms. The van der Waals surface area contributed by atoms with Crippen molar-refractivity contribution >= 4 is 37.6 Å². The predicted octanol–water partition coefficient (Wildman–Crippen LogP) is 3.04. The number of hydrogen-bond acceptors (Lipinski definition) is 2. The van der Waals surface area contributed by atoms with E-state index in [0.29, 0.717) is 15.6 Å². The van der Waals surface area contributed by atoms with E-state index in [-0.39, 0.29) is 16.9 Å². The molecule has 0 amide bonds. The molecule has 0 aliphatic heterocycles. The van der Waals surface area contributed by atoms with E-state index in [9.17, 15) is 9.90 Å². The molecule has 2 nitrogen and oxygen atoms in total. The molecular formula is C9H8Br2O2. The van der Waals surface area contributed by atoms with Gasteiger partial charge < -0.3 is 5.11 Å². The Hall–Kier alpha value is -0.350. The zero-order valence-electron chi connectivity index (χ0n) is 6.97. The number of halogens is 2. The van der Waals surface area contributed by atoms with Crippen molar-refractivity contribution in [2.24, 2.45) is 0 Å². The second-order valence-corrected chi connectivity index (χ2v) is 3.98. The highest BCUT2D eigenvalue weighted by molar-refractivity contribution is 9.10. The summed E-state index contributed by atoms with van der Waals surface area (Å²) in [4.78, 5) is 11.3. The number of aromatic hydroxyl groups is 1. The highest BCUT2D eigenvalue weighted by Gasteiger charge is 2.12. The van der Waals surface area contributed by atoms with Gasteiger partial charge in [-0.05, 0) is 35.0 Å². The quantitative estimate of drug-likeness (QED) is 0.673. The molecule has 4 heteroatoms. The Morgan fingerprint density at radius 2 is 2.15 bits per heavy atom. The van der Waals surface area contributed by atoms with Gasteiger partial charge in [-0.2, -0.15) is 0 Å². The zero-order chi connectivity index (χ0) is 10.0. The molecule has 0 heterocycles. The molecule has 0 unspecified atom stereocenters. The van der Waals surface area contributed by atoms with E-state index in [2.05, 4.69) is 31.9 Å². The van der Waals surface area contributed by atoms with E-state index >= 15 is 0 Å². The molecule has 0 saturated carbocycles. The van der Waals surface area contributed by atoms with Crippen molar-refractivity contribution < 1.29 is 9.90 Å². The van der Waals surface area contributed by atoms with Gasteiger partial charge in [0.15, 0.2) is 5.78 Å². The average Bonchev–Trinajstić information content (AvgIpc) is 2.13. The number of benzene rings is 1. The summed E-state index contributed by atoms with van der Waals surface area (Å²) < 4.78 is 0.664. The first-order valence-electron chi connectivity index (χ1n) is 3.65. The van der Waals surface area contributed by atoms with Crippen LogP contribution < -0.4 is 0 Å². The number of phenols is 1. The molecule has 1 rings (SSSR count). The molecule has 0 aliphatic rings. The number of carbonyl (C=O) groups excluding carboxylic acids is 1. The Kier molecular flexibility index (Phi) is 3.50. The molecule has 1 aromatic rings. The number of rotatable bonds is 2. The van der Waals surface area contributed by atoms with Crippen LogP contribution >= 0.6 is 31.9 Å². The lowest BCUT2D eigenvalue weighted by atomic mass is 10.1. The first-order chi connectivity index (χ1) is 6.07. The van der Waals surface area contributed by atoms with E-state index in [0.717, 1.165) is 0 Å². The van der Waals surface area contributed by atoms with E-state index in [4.69, 9.17) is 0 Å². The smallest absolute Gasteiger partial charge is 0.174 e. The van der Waals surface area contributed by atoms with Gasteiger partial charge in [0.1, 0.15) is 5.75 Å². The fourth-order valence-electron chi connectivity index (χ4n) is 0.962. The molecule has 1 aromatic carbocycles. The predicted molar refractivity (Wildman–Crippen MR) is 58.7 cm³/mol. The van der Waals surface area contributed by atoms with Crippen molar-refractivity contribution in [2.45, 2.75) is 6.92 Å². The van der Waals surface area contributed by atoms with Gasteiger partial charge >= 0.3 is 0 Å². The van der Waals surface area contributed by atoms with E-state index in [1.165, 1.54) is 6.07 Å². The molecule has 0 aromatic heterocycles. The van der Waals surface area contributed by atoms with E-state index in [1.807, 2.05) is 0 Å². The summed E-state index contributed by atoms with van der Waals surface area (Å²) >= 11 is 6.37. The molecule has 0 radical (unpaired) electrons. The van der Waals surface area contributed by atoms with Crippen LogP contribution in [0.15, 0.2) is 16.6 Å². The van der Waals surface area contributed by atoms with Crippen LogP contribution in [0.2, 0.25) is 0 Å². The number of hydrogen-bond donors (Lipinski definition) is 1. The van der Waals surface area contributed by atoms with E-state index < -0.39 is 0 Å². The van der Waals surface area contributed by atoms with Crippen LogP contribution in [0.25, 0.3) is 0 Å². The monoisotopic (exact) mass is 306 g/mol. The topological polar surface area (TPSA) is 37.3 Å². The minimum atomic E-state index is -0.00465. The van der Waals surface area contributed by atoms with Crippen molar-refractivity contribution in [3.8, 4) is 5.75 Å². The summed E-state index contributed by atoms with van der Waals surface area (Å²) in [5, 5.41) is 9.61. The van der Waals surface area contributed by atoms with Gasteiger partial charge in [0.2, 0.25) is 0 Å². The molecule has 1 N–H and O–H groups in total. The maximum absolute atomic E-state index is 11.3. The minimum Gasteiger partial charge on any atom is -0.508 e. The van der Waals surface area contributed by atoms with Crippen LogP contribution in [0, 0.1) is 6.92 Å². The summed E-state index contributed by atoms with van der Waals surface area (Å²) in [6.07, 6.45) is 0. The lowest BCUT2D eigenvalue weighted by Gasteiger charge is -2.06. The minimum absolute atomic E-state index is 0.00465. The molecule has 0 fully saturated rings. The standard InChI is InChI=1S/C9H8Br2O2/c1-5-7(12)3-2-6(9(5)11)8(13)4-10/h2-3,12H,4H2,1H3. The molecule has 0 saturated heterocycles. The number of phenolic OH excluding ortho intramolecular Hbond substituents is 1. The number of alkyl halides is 1. The molecule has 13 heavy (non-hydrogen) atoms. The Labute approximate surface area is 93.2 Å². The third-order valence-electron chi connectivity index (χ3n) is 1.78. The molecule has 70 valence electrons. The van der Waals surface area contributed by atoms with Crippen molar-refractivity contribution in [1.82, 2.24) is 0 Å². The van der Waals surface area contributed by atoms with Crippen LogP contribution in [-0.2, 0) is 0 Å². The summed E-state index contributed by atoms with van der Waals surface area (Å²) in [7, 11) is 0. The number of Topliss-reactive ketones (excluding diaryl/α,β-unsaturated/α-hetero) is 1. The van der Waals surface area contributed by atoms with Crippen LogP contribution in [0.1, 0.15) is 15.9 Å². The van der Waals surface area contributed by atoms with Gasteiger partial charge in [0.25, 0.3) is 0 Å². The lowest BCUT2D eigenvalue weighted by molar-refractivity contribution is 0.102. The van der Waals surface area contributed by atoms with Gasteiger partial charge in [-0.15, -0.1) is 0 Å². The van der Waals surface area contributed by atoms with Crippen molar-refractivity contribution in [3.63, 3.8) is 0 Å². The molecule has 0 aliphatic carbocycles. The van der Waals surface area contributed by atoms with Gasteiger partial charge in [0, 0.05) is 15.6 Å². The van der Waals surface area contributed by atoms with Crippen molar-refractivity contribution in [1.29, 1.82) is 0 Å². The Morgan fingerprint density at radius 1 is 1.54 bits per heavy atom. The molecule has 0 bridgehead atoms. The van der Waals surface area contributed by atoms with Crippen LogP contribution in [0.5, 0.6) is 5.75 Å². The summed E-state index contributed by atoms with van der Waals surface area (Å²) in [6, 6.07) is 3.13. The fraction of sp³-hybridized carbons (Fsp3) is 0.222. The summed E-state index contributed by atoms with van der Waals surface area (Å²) in [5.41, 5.74) is 1.28. The van der Waals surface area contributed by atoms with Gasteiger partial charge in [-0.25, -0.2) is 0 Å². The highest BCUT2D eigenvalue weighted by Crippen LogP contribution is 2.28. The zero-order valence-corrected chi connectivity index (χ0v) is 10.1. The maximum atomic E-state index is 11.3. The Bertz CT molecular complexity index is 348. The third kappa shape index (κ3) is 2.11. The third-order valence-corrected chi connectivity index (χ3v) is 3.31. The lowest BCUT2D eigenvalue weighted by Crippen LogP contribution is -2.01. The second kappa shape index (κ2) is 4.24. The summed E-state index contributed by atoms with van der Waals surface area (Å²) in [6.45, 7) is 1.75. The fourth-order valence-corrected chi connectivity index (χ4v) is 1.82. The van der Waals surface area contributed by atoms with Crippen LogP contribution in [0.3, 0.4) is 0 Å². The van der Waals surface area contributed by atoms with E-state index in [1.54, 1.807) is 13.0 Å². The number of ketones is 1. The van der Waals surface area contributed by atoms with Crippen LogP contribution in [-0.4, -0.2) is 16.2 Å². The second-order valence-electron chi connectivity index (χ2n) is 2.63. The first-order valence-corrected chi connectivity index (χ1v) is 5.56. The highest BCUT2D eigenvalue weighted by atomic mass is 79.9.